The second-order valence-corrected chi connectivity index (χ2v) is 6.06. The summed E-state index contributed by atoms with van der Waals surface area (Å²) in [5.74, 6) is -1.45. The van der Waals surface area contributed by atoms with E-state index < -0.39 is 28.5 Å². The molecular weight excluding hydrogens is 358 g/mol. The van der Waals surface area contributed by atoms with Gasteiger partial charge < -0.3 is 10.6 Å². The van der Waals surface area contributed by atoms with Crippen LogP contribution < -0.4 is 5.73 Å². The summed E-state index contributed by atoms with van der Waals surface area (Å²) in [6.45, 7) is -0.0902. The fourth-order valence-electron chi connectivity index (χ4n) is 1.82. The number of carbonyl (C=O) groups excluding carboxylic acids is 1. The van der Waals surface area contributed by atoms with Crippen molar-refractivity contribution < 1.29 is 22.4 Å². The lowest BCUT2D eigenvalue weighted by Crippen LogP contribution is -2.27. The smallest absolute Gasteiger partial charge is 0.375 e. The first-order chi connectivity index (χ1) is 10.6. The van der Waals surface area contributed by atoms with E-state index in [2.05, 4.69) is 4.98 Å². The largest absolute Gasteiger partial charge is 0.435 e. The van der Waals surface area contributed by atoms with Crippen LogP contribution in [0.2, 0.25) is 5.02 Å². The van der Waals surface area contributed by atoms with Crippen molar-refractivity contribution in [2.75, 3.05) is 12.8 Å². The summed E-state index contributed by atoms with van der Waals surface area (Å²) in [7, 11) is 1.30. The van der Waals surface area contributed by atoms with Crippen LogP contribution in [0.25, 0.3) is 0 Å². The van der Waals surface area contributed by atoms with E-state index in [1.54, 1.807) is 0 Å². The Labute approximate surface area is 137 Å². The van der Waals surface area contributed by atoms with Crippen LogP contribution in [0.4, 0.5) is 22.7 Å². The van der Waals surface area contributed by atoms with Crippen molar-refractivity contribution in [3.8, 4) is 0 Å². The molecule has 0 saturated heterocycles. The Morgan fingerprint density at radius 2 is 2.09 bits per heavy atom. The highest BCUT2D eigenvalue weighted by Gasteiger charge is 2.40. The normalized spacial score (nSPS) is 11.6. The van der Waals surface area contributed by atoms with Crippen molar-refractivity contribution >= 4 is 34.0 Å². The highest BCUT2D eigenvalue weighted by molar-refractivity contribution is 7.17. The first-order valence-electron chi connectivity index (χ1n) is 6.12. The number of benzene rings is 1. The maximum Gasteiger partial charge on any atom is 0.435 e. The Hall–Kier alpha value is -1.87. The Balaban J connectivity index is 2.27. The average molecular weight is 368 g/mol. The molecule has 0 atom stereocenters. The molecule has 0 fully saturated rings. The number of rotatable bonds is 3. The van der Waals surface area contributed by atoms with Gasteiger partial charge in [0, 0.05) is 18.6 Å². The average Bonchev–Trinajstić information content (AvgIpc) is 2.83. The number of anilines is 1. The number of hydrogen-bond donors (Lipinski definition) is 1. The molecule has 0 unspecified atom stereocenters. The third kappa shape index (κ3) is 3.91. The first-order valence-corrected chi connectivity index (χ1v) is 7.32. The van der Waals surface area contributed by atoms with Gasteiger partial charge in [-0.3, -0.25) is 4.79 Å². The van der Waals surface area contributed by atoms with Crippen molar-refractivity contribution in [3.05, 3.63) is 45.2 Å². The molecule has 0 bridgehead atoms. The second-order valence-electron chi connectivity index (χ2n) is 4.62. The van der Waals surface area contributed by atoms with Gasteiger partial charge in [-0.1, -0.05) is 29.0 Å². The molecular formula is C13H10ClF4N3OS. The molecule has 2 aromatic rings. The molecule has 1 aromatic heterocycles. The van der Waals surface area contributed by atoms with Crippen molar-refractivity contribution in [1.82, 2.24) is 9.88 Å². The Morgan fingerprint density at radius 1 is 1.43 bits per heavy atom. The lowest BCUT2D eigenvalue weighted by molar-refractivity contribution is -0.141. The molecule has 23 heavy (non-hydrogen) atoms. The van der Waals surface area contributed by atoms with Gasteiger partial charge in [0.15, 0.2) is 10.8 Å². The summed E-state index contributed by atoms with van der Waals surface area (Å²) < 4.78 is 51.6. The number of thiazole rings is 1. The van der Waals surface area contributed by atoms with Gasteiger partial charge in [-0.15, -0.1) is 0 Å². The molecule has 124 valence electrons. The fourth-order valence-corrected chi connectivity index (χ4v) is 2.90. The van der Waals surface area contributed by atoms with E-state index in [1.807, 2.05) is 0 Å². The molecule has 0 spiro atoms. The predicted molar refractivity (Wildman–Crippen MR) is 78.7 cm³/mol. The van der Waals surface area contributed by atoms with E-state index in [0.29, 0.717) is 16.9 Å². The van der Waals surface area contributed by atoms with Crippen LogP contribution in [0.15, 0.2) is 18.2 Å². The molecule has 0 saturated carbocycles. The fraction of sp³-hybridized carbons (Fsp3) is 0.231. The maximum atomic E-state index is 13.0. The SMILES string of the molecule is CN(Cc1ccc(F)cc1Cl)C(=O)c1sc(N)nc1C(F)(F)F. The summed E-state index contributed by atoms with van der Waals surface area (Å²) in [6, 6.07) is 3.56. The standard InChI is InChI=1S/C13H10ClF4N3OS/c1-21(5-6-2-3-7(15)4-8(6)14)11(22)9-10(13(16,17)18)20-12(19)23-9/h2-4H,5H2,1H3,(H2,19,20). The van der Waals surface area contributed by atoms with Gasteiger partial charge in [0.25, 0.3) is 5.91 Å². The van der Waals surface area contributed by atoms with Crippen molar-refractivity contribution in [1.29, 1.82) is 0 Å². The topological polar surface area (TPSA) is 59.2 Å². The Kier molecular flexibility index (Phi) is 4.81. The van der Waals surface area contributed by atoms with Crippen LogP contribution in [0.3, 0.4) is 0 Å². The number of alkyl halides is 3. The summed E-state index contributed by atoms with van der Waals surface area (Å²) in [5.41, 5.74) is 4.36. The molecule has 1 amide bonds. The van der Waals surface area contributed by atoms with Crippen LogP contribution in [-0.4, -0.2) is 22.8 Å². The summed E-state index contributed by atoms with van der Waals surface area (Å²) >= 11 is 6.30. The molecule has 1 heterocycles. The van der Waals surface area contributed by atoms with Gasteiger partial charge in [-0.25, -0.2) is 9.37 Å². The molecule has 1 aromatic carbocycles. The molecule has 2 N–H and O–H groups in total. The molecule has 4 nitrogen and oxygen atoms in total. The Morgan fingerprint density at radius 3 is 2.65 bits per heavy atom. The van der Waals surface area contributed by atoms with E-state index in [1.165, 1.54) is 13.1 Å². The maximum absolute atomic E-state index is 13.0. The predicted octanol–water partition coefficient (Wildman–Crippen LogP) is 3.81. The number of nitrogens with zero attached hydrogens (tertiary/aromatic N) is 2. The minimum Gasteiger partial charge on any atom is -0.375 e. The summed E-state index contributed by atoms with van der Waals surface area (Å²) in [4.78, 5) is 15.8. The van der Waals surface area contributed by atoms with Gasteiger partial charge >= 0.3 is 6.18 Å². The van der Waals surface area contributed by atoms with Crippen molar-refractivity contribution in [2.45, 2.75) is 12.7 Å². The van der Waals surface area contributed by atoms with Crippen LogP contribution in [0, 0.1) is 5.82 Å². The van der Waals surface area contributed by atoms with Crippen LogP contribution in [-0.2, 0) is 12.7 Å². The highest BCUT2D eigenvalue weighted by atomic mass is 35.5. The Bertz CT molecular complexity index is 747. The zero-order chi connectivity index (χ0) is 17.4. The van der Waals surface area contributed by atoms with Crippen molar-refractivity contribution in [2.24, 2.45) is 0 Å². The van der Waals surface area contributed by atoms with Gasteiger partial charge in [-0.2, -0.15) is 13.2 Å². The van der Waals surface area contributed by atoms with Crippen molar-refractivity contribution in [3.63, 3.8) is 0 Å². The number of nitrogens with two attached hydrogens (primary N) is 1. The van der Waals surface area contributed by atoms with E-state index >= 15 is 0 Å². The van der Waals surface area contributed by atoms with Crippen LogP contribution >= 0.6 is 22.9 Å². The van der Waals surface area contributed by atoms with Gasteiger partial charge in [-0.05, 0) is 17.7 Å². The minimum absolute atomic E-state index is 0.0736. The zero-order valence-electron chi connectivity index (χ0n) is 11.6. The second kappa shape index (κ2) is 6.32. The number of halogens is 5. The quantitative estimate of drug-likeness (QED) is 0.839. The highest BCUT2D eigenvalue weighted by Crippen LogP contribution is 2.36. The molecule has 2 rings (SSSR count). The van der Waals surface area contributed by atoms with Gasteiger partial charge in [0.1, 0.15) is 10.7 Å². The molecule has 0 aliphatic rings. The summed E-state index contributed by atoms with van der Waals surface area (Å²) in [6.07, 6.45) is -4.78. The first kappa shape index (κ1) is 17.5. The molecule has 0 aliphatic heterocycles. The monoisotopic (exact) mass is 367 g/mol. The number of aromatic nitrogens is 1. The third-order valence-electron chi connectivity index (χ3n) is 2.88. The van der Waals surface area contributed by atoms with Crippen LogP contribution in [0.1, 0.15) is 20.9 Å². The summed E-state index contributed by atoms with van der Waals surface area (Å²) in [5, 5.41) is -0.279. The number of hydrogen-bond acceptors (Lipinski definition) is 4. The zero-order valence-corrected chi connectivity index (χ0v) is 13.2. The lowest BCUT2D eigenvalue weighted by atomic mass is 10.2. The molecule has 0 radical (unpaired) electrons. The number of nitrogen functional groups attached to an aromatic ring is 1. The lowest BCUT2D eigenvalue weighted by Gasteiger charge is -2.18. The molecule has 10 heteroatoms. The van der Waals surface area contributed by atoms with Gasteiger partial charge in [0.05, 0.1) is 0 Å². The van der Waals surface area contributed by atoms with E-state index in [9.17, 15) is 22.4 Å². The molecule has 0 aliphatic carbocycles. The van der Waals surface area contributed by atoms with Gasteiger partial charge in [0.2, 0.25) is 0 Å². The minimum atomic E-state index is -4.78. The van der Waals surface area contributed by atoms with Crippen LogP contribution in [0.5, 0.6) is 0 Å². The van der Waals surface area contributed by atoms with E-state index in [-0.39, 0.29) is 16.7 Å². The number of carbonyl (C=O) groups is 1. The number of amides is 1. The third-order valence-corrected chi connectivity index (χ3v) is 4.10. The van der Waals surface area contributed by atoms with E-state index in [0.717, 1.165) is 17.0 Å². The van der Waals surface area contributed by atoms with E-state index in [4.69, 9.17) is 17.3 Å².